The average Bonchev–Trinajstić information content (AvgIpc) is 2.19. The molecule has 1 aromatic heterocycles. The number of halogens is 1. The van der Waals surface area contributed by atoms with Gasteiger partial charge in [-0.3, -0.25) is 4.98 Å². The van der Waals surface area contributed by atoms with E-state index in [0.29, 0.717) is 6.54 Å². The van der Waals surface area contributed by atoms with Gasteiger partial charge in [0.1, 0.15) is 5.21 Å². The summed E-state index contributed by atoms with van der Waals surface area (Å²) in [6.07, 6.45) is 3.26. The number of hydrogen-bond acceptors (Lipinski definition) is 3. The Morgan fingerprint density at radius 1 is 1.57 bits per heavy atom. The van der Waals surface area contributed by atoms with Crippen molar-refractivity contribution < 1.29 is 8.42 Å². The van der Waals surface area contributed by atoms with Gasteiger partial charge in [0.25, 0.3) is 0 Å². The van der Waals surface area contributed by atoms with Crippen LogP contribution >= 0.6 is 11.6 Å². The molecule has 14 heavy (non-hydrogen) atoms. The lowest BCUT2D eigenvalue weighted by atomic mass is 10.3. The molecule has 0 atom stereocenters. The van der Waals surface area contributed by atoms with Gasteiger partial charge >= 0.3 is 0 Å². The van der Waals surface area contributed by atoms with Gasteiger partial charge in [0, 0.05) is 26.0 Å². The third-order valence-corrected chi connectivity index (χ3v) is 3.92. The molecule has 0 N–H and O–H groups in total. The van der Waals surface area contributed by atoms with Crippen molar-refractivity contribution in [3.05, 3.63) is 30.1 Å². The highest BCUT2D eigenvalue weighted by Crippen LogP contribution is 2.06. The van der Waals surface area contributed by atoms with Crippen molar-refractivity contribution in [2.75, 3.05) is 12.3 Å². The maximum absolute atomic E-state index is 11.3. The zero-order chi connectivity index (χ0) is 10.6. The van der Waals surface area contributed by atoms with Gasteiger partial charge < -0.3 is 0 Å². The second-order valence-corrected chi connectivity index (χ2v) is 5.50. The third kappa shape index (κ3) is 2.94. The smallest absolute Gasteiger partial charge is 0.228 e. The fraction of sp³-hybridized carbons (Fsp3) is 0.375. The quantitative estimate of drug-likeness (QED) is 0.732. The lowest BCUT2D eigenvalue weighted by Gasteiger charge is -2.14. The van der Waals surface area contributed by atoms with E-state index >= 15 is 0 Å². The number of nitrogens with zero attached hydrogens (tertiary/aromatic N) is 2. The first-order chi connectivity index (χ1) is 6.56. The molecule has 0 aliphatic rings. The van der Waals surface area contributed by atoms with Crippen molar-refractivity contribution in [1.82, 2.24) is 9.29 Å². The Morgan fingerprint density at radius 3 is 2.79 bits per heavy atom. The molecule has 1 rings (SSSR count). The van der Waals surface area contributed by atoms with Gasteiger partial charge in [-0.15, -0.1) is 11.6 Å². The number of hydrogen-bond donors (Lipinski definition) is 0. The van der Waals surface area contributed by atoms with Crippen LogP contribution in [-0.2, 0) is 16.6 Å². The van der Waals surface area contributed by atoms with E-state index in [0.717, 1.165) is 5.56 Å². The summed E-state index contributed by atoms with van der Waals surface area (Å²) in [5, 5.41) is -0.399. The molecular formula is C8H11ClN2O2S. The zero-order valence-electron chi connectivity index (χ0n) is 7.72. The van der Waals surface area contributed by atoms with E-state index in [2.05, 4.69) is 4.98 Å². The molecule has 0 aliphatic carbocycles. The predicted octanol–water partition coefficient (Wildman–Crippen LogP) is 1.04. The molecule has 0 radical (unpaired) electrons. The van der Waals surface area contributed by atoms with Crippen LogP contribution in [-0.4, -0.2) is 30.0 Å². The van der Waals surface area contributed by atoms with Crippen molar-refractivity contribution in [1.29, 1.82) is 0 Å². The Morgan fingerprint density at radius 2 is 2.29 bits per heavy atom. The summed E-state index contributed by atoms with van der Waals surface area (Å²) in [5.74, 6) is 0. The van der Waals surface area contributed by atoms with E-state index in [9.17, 15) is 8.42 Å². The van der Waals surface area contributed by atoms with Gasteiger partial charge in [-0.25, -0.2) is 8.42 Å². The Kier molecular flexibility index (Phi) is 3.86. The van der Waals surface area contributed by atoms with E-state index in [4.69, 9.17) is 11.6 Å². The summed E-state index contributed by atoms with van der Waals surface area (Å²) < 4.78 is 23.8. The van der Waals surface area contributed by atoms with Gasteiger partial charge in [0.2, 0.25) is 10.0 Å². The number of aromatic nitrogens is 1. The molecule has 0 bridgehead atoms. The molecule has 1 heterocycles. The minimum Gasteiger partial charge on any atom is -0.264 e. The third-order valence-electron chi connectivity index (χ3n) is 1.74. The summed E-state index contributed by atoms with van der Waals surface area (Å²) in [4.78, 5) is 3.89. The summed E-state index contributed by atoms with van der Waals surface area (Å²) in [6.45, 7) is 0.295. The second kappa shape index (κ2) is 4.72. The maximum Gasteiger partial charge on any atom is 0.228 e. The highest BCUT2D eigenvalue weighted by atomic mass is 35.5. The summed E-state index contributed by atoms with van der Waals surface area (Å²) in [7, 11) is -1.83. The molecule has 4 nitrogen and oxygen atoms in total. The topological polar surface area (TPSA) is 50.3 Å². The molecule has 6 heteroatoms. The number of pyridine rings is 1. The fourth-order valence-electron chi connectivity index (χ4n) is 0.930. The monoisotopic (exact) mass is 234 g/mol. The normalized spacial score (nSPS) is 11.9. The first-order valence-electron chi connectivity index (χ1n) is 3.95. The Labute approximate surface area is 88.6 Å². The van der Waals surface area contributed by atoms with Crippen LogP contribution in [0.15, 0.2) is 24.5 Å². The highest BCUT2D eigenvalue weighted by molar-refractivity contribution is 7.90. The lowest BCUT2D eigenvalue weighted by Crippen LogP contribution is -2.27. The minimum atomic E-state index is -3.33. The largest absolute Gasteiger partial charge is 0.264 e. The van der Waals surface area contributed by atoms with Gasteiger partial charge in [0.15, 0.2) is 0 Å². The van der Waals surface area contributed by atoms with Gasteiger partial charge in [-0.1, -0.05) is 6.07 Å². The molecule has 0 amide bonds. The van der Waals surface area contributed by atoms with Gasteiger partial charge in [0.05, 0.1) is 0 Å². The van der Waals surface area contributed by atoms with E-state index in [1.165, 1.54) is 11.4 Å². The molecule has 0 fully saturated rings. The van der Waals surface area contributed by atoms with Crippen LogP contribution in [0.1, 0.15) is 5.56 Å². The molecular weight excluding hydrogens is 224 g/mol. The SMILES string of the molecule is CN(Cc1cccnc1)S(=O)(=O)CCl. The van der Waals surface area contributed by atoms with E-state index in [1.54, 1.807) is 18.5 Å². The Balaban J connectivity index is 2.72. The number of sulfonamides is 1. The Bertz CT molecular complexity index is 380. The Hall–Kier alpha value is -0.650. The van der Waals surface area contributed by atoms with Crippen LogP contribution in [0.4, 0.5) is 0 Å². The molecule has 78 valence electrons. The van der Waals surface area contributed by atoms with Crippen LogP contribution < -0.4 is 0 Å². The molecule has 0 spiro atoms. The van der Waals surface area contributed by atoms with Crippen molar-refractivity contribution in [3.63, 3.8) is 0 Å². The molecule has 0 aliphatic heterocycles. The predicted molar refractivity (Wildman–Crippen MR) is 55.3 cm³/mol. The number of alkyl halides is 1. The van der Waals surface area contributed by atoms with E-state index < -0.39 is 15.2 Å². The van der Waals surface area contributed by atoms with Crippen LogP contribution in [0.25, 0.3) is 0 Å². The van der Waals surface area contributed by atoms with Crippen molar-refractivity contribution in [3.8, 4) is 0 Å². The second-order valence-electron chi connectivity index (χ2n) is 2.84. The van der Waals surface area contributed by atoms with Crippen LogP contribution in [0.2, 0.25) is 0 Å². The minimum absolute atomic E-state index is 0.295. The number of rotatable bonds is 4. The van der Waals surface area contributed by atoms with E-state index in [1.807, 2.05) is 6.07 Å². The lowest BCUT2D eigenvalue weighted by molar-refractivity contribution is 0.470. The molecule has 0 aromatic carbocycles. The molecule has 0 saturated carbocycles. The fourth-order valence-corrected chi connectivity index (χ4v) is 1.94. The van der Waals surface area contributed by atoms with Crippen LogP contribution in [0, 0.1) is 0 Å². The van der Waals surface area contributed by atoms with E-state index in [-0.39, 0.29) is 0 Å². The maximum atomic E-state index is 11.3. The van der Waals surface area contributed by atoms with Crippen molar-refractivity contribution in [2.45, 2.75) is 6.54 Å². The summed E-state index contributed by atoms with van der Waals surface area (Å²) in [6, 6.07) is 3.57. The molecule has 1 aromatic rings. The zero-order valence-corrected chi connectivity index (χ0v) is 9.29. The molecule has 0 unspecified atom stereocenters. The average molecular weight is 235 g/mol. The summed E-state index contributed by atoms with van der Waals surface area (Å²) in [5.41, 5.74) is 0.837. The highest BCUT2D eigenvalue weighted by Gasteiger charge is 2.15. The van der Waals surface area contributed by atoms with Gasteiger partial charge in [-0.2, -0.15) is 4.31 Å². The molecule has 0 saturated heterocycles. The van der Waals surface area contributed by atoms with Crippen molar-refractivity contribution in [2.24, 2.45) is 0 Å². The van der Waals surface area contributed by atoms with Gasteiger partial charge in [-0.05, 0) is 11.6 Å². The van der Waals surface area contributed by atoms with Crippen LogP contribution in [0.3, 0.4) is 0 Å². The summed E-state index contributed by atoms with van der Waals surface area (Å²) >= 11 is 5.31. The van der Waals surface area contributed by atoms with Crippen LogP contribution in [0.5, 0.6) is 0 Å². The standard InChI is InChI=1S/C8H11ClN2O2S/c1-11(14(12,13)7-9)6-8-3-2-4-10-5-8/h2-5H,6-7H2,1H3. The first-order valence-corrected chi connectivity index (χ1v) is 6.09. The first kappa shape index (κ1) is 11.4. The van der Waals surface area contributed by atoms with Crippen molar-refractivity contribution >= 4 is 21.6 Å².